The Morgan fingerprint density at radius 2 is 1.95 bits per heavy atom. The third kappa shape index (κ3) is 6.73. The second-order valence-electron chi connectivity index (χ2n) is 4.59. The zero-order valence-electron chi connectivity index (χ0n) is 13.4. The molecule has 0 unspecified atom stereocenters. The second-order valence-corrected chi connectivity index (χ2v) is 4.59. The van der Waals surface area contributed by atoms with E-state index in [1.807, 2.05) is 6.92 Å². The lowest BCUT2D eigenvalue weighted by Crippen LogP contribution is -2.12. The molecule has 0 aliphatic heterocycles. The van der Waals surface area contributed by atoms with Gasteiger partial charge in [0.05, 0.1) is 12.2 Å². The Morgan fingerprint density at radius 1 is 1.10 bits per heavy atom. The molecule has 0 aliphatic carbocycles. The zero-order valence-corrected chi connectivity index (χ0v) is 13.4. The smallest absolute Gasteiger partial charge is 0.221 e. The molecule has 1 aromatic rings. The van der Waals surface area contributed by atoms with Crippen molar-refractivity contribution in [1.29, 1.82) is 0 Å². The largest absolute Gasteiger partial charge is 0.475 e. The predicted octanol–water partition coefficient (Wildman–Crippen LogP) is 2.29. The van der Waals surface area contributed by atoms with Crippen LogP contribution in [0.5, 0.6) is 5.88 Å². The van der Waals surface area contributed by atoms with Gasteiger partial charge in [-0.25, -0.2) is 9.97 Å². The Morgan fingerprint density at radius 3 is 2.67 bits per heavy atom. The number of nitrogens with zero attached hydrogens (tertiary/aromatic N) is 2. The molecule has 21 heavy (non-hydrogen) atoms. The predicted molar refractivity (Wildman–Crippen MR) is 83.0 cm³/mol. The molecule has 0 radical (unpaired) electrons. The van der Waals surface area contributed by atoms with Crippen LogP contribution < -0.4 is 10.1 Å². The molecule has 0 spiro atoms. The number of nitrogens with one attached hydrogen (secondary N) is 1. The van der Waals surface area contributed by atoms with E-state index in [-0.39, 0.29) is 0 Å². The number of ether oxygens (including phenoxy) is 3. The Bertz CT molecular complexity index is 388. The molecule has 6 nitrogen and oxygen atoms in total. The summed E-state index contributed by atoms with van der Waals surface area (Å²) in [5.74, 6) is 1.52. The molecule has 0 aromatic carbocycles. The summed E-state index contributed by atoms with van der Waals surface area (Å²) in [7, 11) is 1.69. The van der Waals surface area contributed by atoms with Crippen LogP contribution in [0.1, 0.15) is 32.3 Å². The van der Waals surface area contributed by atoms with Gasteiger partial charge in [0.15, 0.2) is 0 Å². The average Bonchev–Trinajstić information content (AvgIpc) is 2.49. The molecule has 6 heteroatoms. The number of hydrogen-bond acceptors (Lipinski definition) is 6. The average molecular weight is 297 g/mol. The molecule has 1 rings (SSSR count). The van der Waals surface area contributed by atoms with Crippen LogP contribution in [0.25, 0.3) is 0 Å². The normalized spacial score (nSPS) is 10.6. The maximum absolute atomic E-state index is 5.74. The van der Waals surface area contributed by atoms with Crippen LogP contribution in [0.4, 0.5) is 5.82 Å². The molecule has 0 atom stereocenters. The standard InChI is InChI=1S/C15H27N3O3/c1-4-7-13-14(16-5-2)17-12-18-15(13)21-11-10-20-9-6-8-19-3/h12H,4-11H2,1-3H3,(H,16,17,18). The molecule has 1 aromatic heterocycles. The van der Waals surface area contributed by atoms with Gasteiger partial charge in [0.1, 0.15) is 18.8 Å². The fraction of sp³-hybridized carbons (Fsp3) is 0.733. The quantitative estimate of drug-likeness (QED) is 0.597. The van der Waals surface area contributed by atoms with Gasteiger partial charge in [-0.1, -0.05) is 13.3 Å². The van der Waals surface area contributed by atoms with E-state index in [0.717, 1.165) is 43.8 Å². The Hall–Kier alpha value is -1.40. The van der Waals surface area contributed by atoms with Crippen molar-refractivity contribution in [3.05, 3.63) is 11.9 Å². The molecule has 0 amide bonds. The molecule has 1 heterocycles. The van der Waals surface area contributed by atoms with Gasteiger partial charge >= 0.3 is 0 Å². The van der Waals surface area contributed by atoms with Gasteiger partial charge in [-0.3, -0.25) is 0 Å². The van der Waals surface area contributed by atoms with Crippen LogP contribution in [-0.4, -0.2) is 50.1 Å². The highest BCUT2D eigenvalue weighted by Gasteiger charge is 2.11. The number of anilines is 1. The number of hydrogen-bond donors (Lipinski definition) is 1. The van der Waals surface area contributed by atoms with Crippen molar-refractivity contribution < 1.29 is 14.2 Å². The highest BCUT2D eigenvalue weighted by Crippen LogP contribution is 2.23. The topological polar surface area (TPSA) is 65.5 Å². The zero-order chi connectivity index (χ0) is 15.3. The fourth-order valence-electron chi connectivity index (χ4n) is 1.92. The van der Waals surface area contributed by atoms with Gasteiger partial charge in [-0.05, 0) is 19.8 Å². The third-order valence-electron chi connectivity index (χ3n) is 2.85. The van der Waals surface area contributed by atoms with Crippen LogP contribution in [0.2, 0.25) is 0 Å². The van der Waals surface area contributed by atoms with Gasteiger partial charge in [-0.2, -0.15) is 0 Å². The lowest BCUT2D eigenvalue weighted by Gasteiger charge is -2.13. The molecule has 0 saturated heterocycles. The minimum absolute atomic E-state index is 0.492. The summed E-state index contributed by atoms with van der Waals surface area (Å²) in [6.07, 6.45) is 4.35. The van der Waals surface area contributed by atoms with E-state index < -0.39 is 0 Å². The molecule has 0 bridgehead atoms. The first-order chi connectivity index (χ1) is 10.3. The van der Waals surface area contributed by atoms with Gasteiger partial charge in [0.2, 0.25) is 5.88 Å². The van der Waals surface area contributed by atoms with Crippen molar-refractivity contribution in [2.75, 3.05) is 45.4 Å². The van der Waals surface area contributed by atoms with E-state index in [1.165, 1.54) is 6.33 Å². The van der Waals surface area contributed by atoms with Crippen LogP contribution in [-0.2, 0) is 15.9 Å². The molecular formula is C15H27N3O3. The SMILES string of the molecule is CCCc1c(NCC)ncnc1OCCOCCCOC. The van der Waals surface area contributed by atoms with Crippen molar-refractivity contribution in [1.82, 2.24) is 9.97 Å². The number of methoxy groups -OCH3 is 1. The lowest BCUT2D eigenvalue weighted by atomic mass is 10.1. The van der Waals surface area contributed by atoms with Crippen molar-refractivity contribution >= 4 is 5.82 Å². The Kier molecular flexibility index (Phi) is 9.48. The molecule has 0 saturated carbocycles. The summed E-state index contributed by atoms with van der Waals surface area (Å²) < 4.78 is 16.2. The van der Waals surface area contributed by atoms with Gasteiger partial charge < -0.3 is 19.5 Å². The summed E-state index contributed by atoms with van der Waals surface area (Å²) >= 11 is 0. The maximum Gasteiger partial charge on any atom is 0.221 e. The number of aromatic nitrogens is 2. The minimum Gasteiger partial charge on any atom is -0.475 e. The lowest BCUT2D eigenvalue weighted by molar-refractivity contribution is 0.0793. The summed E-state index contributed by atoms with van der Waals surface area (Å²) in [6.45, 7) is 7.46. The van der Waals surface area contributed by atoms with Gasteiger partial charge in [0, 0.05) is 26.9 Å². The van der Waals surface area contributed by atoms with Crippen LogP contribution in [0.3, 0.4) is 0 Å². The maximum atomic E-state index is 5.74. The van der Waals surface area contributed by atoms with Crippen LogP contribution in [0, 0.1) is 0 Å². The summed E-state index contributed by atoms with van der Waals surface area (Å²) in [4.78, 5) is 8.52. The molecule has 0 aliphatic rings. The van der Waals surface area contributed by atoms with Crippen LogP contribution in [0.15, 0.2) is 6.33 Å². The van der Waals surface area contributed by atoms with Crippen molar-refractivity contribution in [3.8, 4) is 5.88 Å². The molecule has 1 N–H and O–H groups in total. The van der Waals surface area contributed by atoms with E-state index in [1.54, 1.807) is 7.11 Å². The highest BCUT2D eigenvalue weighted by atomic mass is 16.5. The first-order valence-electron chi connectivity index (χ1n) is 7.60. The van der Waals surface area contributed by atoms with Gasteiger partial charge in [-0.15, -0.1) is 0 Å². The molecule has 0 fully saturated rings. The van der Waals surface area contributed by atoms with Crippen LogP contribution >= 0.6 is 0 Å². The minimum atomic E-state index is 0.492. The van der Waals surface area contributed by atoms with E-state index in [0.29, 0.717) is 25.7 Å². The van der Waals surface area contributed by atoms with E-state index in [4.69, 9.17) is 14.2 Å². The Labute approximate surface area is 127 Å². The second kappa shape index (κ2) is 11.3. The summed E-state index contributed by atoms with van der Waals surface area (Å²) in [5, 5.41) is 3.25. The molecular weight excluding hydrogens is 270 g/mol. The van der Waals surface area contributed by atoms with E-state index >= 15 is 0 Å². The van der Waals surface area contributed by atoms with E-state index in [9.17, 15) is 0 Å². The van der Waals surface area contributed by atoms with Crippen molar-refractivity contribution in [2.45, 2.75) is 33.1 Å². The molecule has 120 valence electrons. The third-order valence-corrected chi connectivity index (χ3v) is 2.85. The first kappa shape index (κ1) is 17.7. The monoisotopic (exact) mass is 297 g/mol. The highest BCUT2D eigenvalue weighted by molar-refractivity contribution is 5.48. The van der Waals surface area contributed by atoms with Gasteiger partial charge in [0.25, 0.3) is 0 Å². The summed E-state index contributed by atoms with van der Waals surface area (Å²) in [6, 6.07) is 0. The number of rotatable bonds is 12. The van der Waals surface area contributed by atoms with Crippen molar-refractivity contribution in [2.24, 2.45) is 0 Å². The summed E-state index contributed by atoms with van der Waals surface area (Å²) in [5.41, 5.74) is 1.04. The first-order valence-corrected chi connectivity index (χ1v) is 7.60. The van der Waals surface area contributed by atoms with Crippen molar-refractivity contribution in [3.63, 3.8) is 0 Å². The fourth-order valence-corrected chi connectivity index (χ4v) is 1.92. The Balaban J connectivity index is 2.44. The van der Waals surface area contributed by atoms with E-state index in [2.05, 4.69) is 22.2 Å².